The summed E-state index contributed by atoms with van der Waals surface area (Å²) in [5, 5.41) is 0. The molecule has 1 fully saturated rings. The lowest BCUT2D eigenvalue weighted by atomic mass is 10.1. The Morgan fingerprint density at radius 1 is 1.18 bits per heavy atom. The van der Waals surface area contributed by atoms with E-state index in [1.165, 1.54) is 4.90 Å². The Kier molecular flexibility index (Phi) is 5.59. The van der Waals surface area contributed by atoms with E-state index in [1.54, 1.807) is 49.6 Å². The van der Waals surface area contributed by atoms with E-state index >= 15 is 0 Å². The third kappa shape index (κ3) is 3.67. The molecule has 2 aromatic carbocycles. The lowest BCUT2D eigenvalue weighted by Gasteiger charge is -2.26. The first kappa shape index (κ1) is 19.4. The Bertz CT molecular complexity index is 903. The summed E-state index contributed by atoms with van der Waals surface area (Å²) in [6.45, 7) is 5.78. The summed E-state index contributed by atoms with van der Waals surface area (Å²) in [4.78, 5) is 41.1. The molecule has 1 atom stereocenters. The molecule has 0 aliphatic carbocycles. The van der Waals surface area contributed by atoms with Crippen molar-refractivity contribution in [2.45, 2.75) is 19.4 Å². The van der Waals surface area contributed by atoms with Crippen molar-refractivity contribution < 1.29 is 19.1 Å². The van der Waals surface area contributed by atoms with Gasteiger partial charge in [-0.2, -0.15) is 0 Å². The summed E-state index contributed by atoms with van der Waals surface area (Å²) in [6, 6.07) is 12.9. The number of methoxy groups -OCH3 is 1. The van der Waals surface area contributed by atoms with Crippen molar-refractivity contribution >= 4 is 23.4 Å². The molecule has 144 valence electrons. The zero-order valence-electron chi connectivity index (χ0n) is 15.9. The molecule has 1 saturated heterocycles. The molecule has 0 spiro atoms. The van der Waals surface area contributed by atoms with E-state index in [1.807, 2.05) is 19.1 Å². The van der Waals surface area contributed by atoms with E-state index in [0.29, 0.717) is 17.0 Å². The minimum absolute atomic E-state index is 0.0531. The Morgan fingerprint density at radius 2 is 1.82 bits per heavy atom. The van der Waals surface area contributed by atoms with Crippen LogP contribution >= 0.6 is 0 Å². The van der Waals surface area contributed by atoms with Gasteiger partial charge in [0.2, 0.25) is 5.91 Å². The molecule has 2 aromatic rings. The Hall–Kier alpha value is -3.41. The number of anilines is 1. The van der Waals surface area contributed by atoms with Crippen LogP contribution in [-0.4, -0.2) is 42.3 Å². The zero-order chi connectivity index (χ0) is 20.3. The van der Waals surface area contributed by atoms with Crippen molar-refractivity contribution in [2.24, 2.45) is 0 Å². The van der Waals surface area contributed by atoms with Gasteiger partial charge >= 0.3 is 0 Å². The molecule has 0 N–H and O–H groups in total. The molecule has 0 aromatic heterocycles. The second kappa shape index (κ2) is 8.08. The predicted molar refractivity (Wildman–Crippen MR) is 106 cm³/mol. The van der Waals surface area contributed by atoms with Crippen molar-refractivity contribution in [3.63, 3.8) is 0 Å². The lowest BCUT2D eigenvalue weighted by molar-refractivity contribution is -0.122. The number of hydrogen-bond acceptors (Lipinski definition) is 4. The quantitative estimate of drug-likeness (QED) is 0.573. The van der Waals surface area contributed by atoms with Crippen molar-refractivity contribution in [1.82, 2.24) is 4.90 Å². The number of imide groups is 1. The van der Waals surface area contributed by atoms with Crippen LogP contribution in [0, 0.1) is 6.92 Å². The van der Waals surface area contributed by atoms with Crippen molar-refractivity contribution in [1.29, 1.82) is 0 Å². The maximum Gasteiger partial charge on any atom is 0.257 e. The number of aryl methyl sites for hydroxylation is 1. The van der Waals surface area contributed by atoms with Crippen LogP contribution in [0.3, 0.4) is 0 Å². The van der Waals surface area contributed by atoms with Gasteiger partial charge in [0, 0.05) is 12.1 Å². The highest BCUT2D eigenvalue weighted by atomic mass is 16.5. The number of benzene rings is 2. The summed E-state index contributed by atoms with van der Waals surface area (Å²) in [7, 11) is 1.54. The van der Waals surface area contributed by atoms with Gasteiger partial charge in [-0.25, -0.2) is 4.90 Å². The van der Waals surface area contributed by atoms with Gasteiger partial charge in [-0.1, -0.05) is 23.8 Å². The van der Waals surface area contributed by atoms with Crippen LogP contribution in [0.4, 0.5) is 5.69 Å². The number of rotatable bonds is 6. The summed E-state index contributed by atoms with van der Waals surface area (Å²) in [5.41, 5.74) is 1.96. The average molecular weight is 378 g/mol. The Balaban J connectivity index is 1.88. The van der Waals surface area contributed by atoms with Gasteiger partial charge in [-0.05, 0) is 43.3 Å². The first-order valence-corrected chi connectivity index (χ1v) is 8.95. The topological polar surface area (TPSA) is 66.9 Å². The molecular weight excluding hydrogens is 356 g/mol. The van der Waals surface area contributed by atoms with Crippen LogP contribution in [0.2, 0.25) is 0 Å². The minimum atomic E-state index is -0.860. The summed E-state index contributed by atoms with van der Waals surface area (Å²) in [5.74, 6) is -0.433. The van der Waals surface area contributed by atoms with E-state index in [0.717, 1.165) is 10.5 Å². The molecule has 1 heterocycles. The van der Waals surface area contributed by atoms with Crippen LogP contribution < -0.4 is 9.64 Å². The predicted octanol–water partition coefficient (Wildman–Crippen LogP) is 2.96. The molecule has 1 aliphatic heterocycles. The Morgan fingerprint density at radius 3 is 2.39 bits per heavy atom. The molecule has 1 aliphatic rings. The molecule has 6 nitrogen and oxygen atoms in total. The van der Waals surface area contributed by atoms with Crippen LogP contribution in [0.1, 0.15) is 22.3 Å². The van der Waals surface area contributed by atoms with Gasteiger partial charge in [0.1, 0.15) is 11.8 Å². The highest BCUT2D eigenvalue weighted by Gasteiger charge is 2.44. The summed E-state index contributed by atoms with van der Waals surface area (Å²) >= 11 is 0. The third-order valence-electron chi connectivity index (χ3n) is 4.71. The molecule has 0 saturated carbocycles. The lowest BCUT2D eigenvalue weighted by Crippen LogP contribution is -2.45. The van der Waals surface area contributed by atoms with Crippen molar-refractivity contribution in [2.75, 3.05) is 18.6 Å². The largest absolute Gasteiger partial charge is 0.497 e. The second-order valence-corrected chi connectivity index (χ2v) is 6.60. The highest BCUT2D eigenvalue weighted by molar-refractivity contribution is 6.23. The van der Waals surface area contributed by atoms with Crippen LogP contribution in [0.5, 0.6) is 5.75 Å². The fourth-order valence-corrected chi connectivity index (χ4v) is 3.21. The first-order valence-electron chi connectivity index (χ1n) is 8.95. The molecule has 1 unspecified atom stereocenters. The summed E-state index contributed by atoms with van der Waals surface area (Å²) in [6.07, 6.45) is 1.50. The maximum atomic E-state index is 13.0. The second-order valence-electron chi connectivity index (χ2n) is 6.60. The zero-order valence-corrected chi connectivity index (χ0v) is 15.9. The van der Waals surface area contributed by atoms with Gasteiger partial charge in [-0.3, -0.25) is 14.4 Å². The van der Waals surface area contributed by atoms with Crippen LogP contribution in [-0.2, 0) is 9.59 Å². The minimum Gasteiger partial charge on any atom is -0.497 e. The maximum absolute atomic E-state index is 13.0. The number of ether oxygens (including phenoxy) is 1. The van der Waals surface area contributed by atoms with E-state index in [-0.39, 0.29) is 24.8 Å². The van der Waals surface area contributed by atoms with Gasteiger partial charge in [0.25, 0.3) is 11.8 Å². The van der Waals surface area contributed by atoms with E-state index in [4.69, 9.17) is 4.74 Å². The fraction of sp³-hybridized carbons (Fsp3) is 0.227. The molecule has 3 rings (SSSR count). The molecule has 28 heavy (non-hydrogen) atoms. The number of nitrogens with zero attached hydrogens (tertiary/aromatic N) is 2. The smallest absolute Gasteiger partial charge is 0.257 e. The molecule has 3 amide bonds. The normalized spacial score (nSPS) is 16.2. The monoisotopic (exact) mass is 378 g/mol. The van der Waals surface area contributed by atoms with E-state index < -0.39 is 11.9 Å². The SMILES string of the molecule is C=CCN(C(=O)c1ccc(OC)cc1)C1CC(=O)N(c2ccc(C)cc2)C1=O. The number of amides is 3. The van der Waals surface area contributed by atoms with Gasteiger partial charge in [0.15, 0.2) is 0 Å². The van der Waals surface area contributed by atoms with E-state index in [2.05, 4.69) is 6.58 Å². The average Bonchev–Trinajstić information content (AvgIpc) is 3.00. The van der Waals surface area contributed by atoms with Crippen LogP contribution in [0.15, 0.2) is 61.2 Å². The van der Waals surface area contributed by atoms with Crippen molar-refractivity contribution in [3.8, 4) is 5.75 Å². The molecular formula is C22H22N2O4. The standard InChI is InChI=1S/C22H22N2O4/c1-4-13-23(21(26)16-7-11-18(28-3)12-8-16)19-14-20(25)24(22(19)27)17-9-5-15(2)6-10-17/h4-12,19H,1,13-14H2,2-3H3. The number of carbonyl (C=O) groups is 3. The van der Waals surface area contributed by atoms with Crippen molar-refractivity contribution in [3.05, 3.63) is 72.3 Å². The fourth-order valence-electron chi connectivity index (χ4n) is 3.21. The van der Waals surface area contributed by atoms with Gasteiger partial charge in [-0.15, -0.1) is 6.58 Å². The number of carbonyl (C=O) groups excluding carboxylic acids is 3. The molecule has 6 heteroatoms. The van der Waals surface area contributed by atoms with Gasteiger partial charge in [0.05, 0.1) is 19.2 Å². The third-order valence-corrected chi connectivity index (χ3v) is 4.71. The van der Waals surface area contributed by atoms with Gasteiger partial charge < -0.3 is 9.64 Å². The summed E-state index contributed by atoms with van der Waals surface area (Å²) < 4.78 is 5.11. The van der Waals surface area contributed by atoms with E-state index in [9.17, 15) is 14.4 Å². The molecule has 0 radical (unpaired) electrons. The number of hydrogen-bond donors (Lipinski definition) is 0. The first-order chi connectivity index (χ1) is 13.5. The highest BCUT2D eigenvalue weighted by Crippen LogP contribution is 2.27. The Labute approximate surface area is 164 Å². The van der Waals surface area contributed by atoms with Crippen LogP contribution in [0.25, 0.3) is 0 Å². The molecule has 0 bridgehead atoms.